The highest BCUT2D eigenvalue weighted by atomic mass is 14.0. The van der Waals surface area contributed by atoms with E-state index in [1.807, 2.05) is 6.08 Å². The zero-order valence-electron chi connectivity index (χ0n) is 14.6. The molecule has 0 aromatic carbocycles. The summed E-state index contributed by atoms with van der Waals surface area (Å²) in [6.07, 6.45) is 27.9. The topological polar surface area (TPSA) is 0 Å². The van der Waals surface area contributed by atoms with Crippen LogP contribution in [0, 0.1) is 13.8 Å². The fourth-order valence-electron chi connectivity index (χ4n) is 2.85. The first-order valence-corrected chi connectivity index (χ1v) is 9.65. The minimum absolute atomic E-state index is 1.12. The van der Waals surface area contributed by atoms with E-state index in [0.717, 1.165) is 6.42 Å². The van der Waals surface area contributed by atoms with Crippen LogP contribution in [0.3, 0.4) is 0 Å². The number of allylic oxidation sites excluding steroid dienone is 2. The van der Waals surface area contributed by atoms with E-state index in [-0.39, 0.29) is 0 Å². The van der Waals surface area contributed by atoms with Gasteiger partial charge in [-0.3, -0.25) is 0 Å². The predicted molar refractivity (Wildman–Crippen MR) is 98.3 cm³/mol. The molecule has 0 aliphatic carbocycles. The minimum atomic E-state index is 1.12. The van der Waals surface area contributed by atoms with Gasteiger partial charge in [0.1, 0.15) is 0 Å². The zero-order valence-corrected chi connectivity index (χ0v) is 14.6. The lowest BCUT2D eigenvalue weighted by atomic mass is 10.0. The van der Waals surface area contributed by atoms with Crippen LogP contribution >= 0.6 is 0 Å². The molecule has 0 nitrogen and oxygen atoms in total. The van der Waals surface area contributed by atoms with E-state index in [4.69, 9.17) is 0 Å². The average molecular weight is 293 g/mol. The molecule has 0 bridgehead atoms. The Hall–Kier alpha value is -0.260. The first-order chi connectivity index (χ1) is 10.4. The molecule has 0 rings (SSSR count). The summed E-state index contributed by atoms with van der Waals surface area (Å²) >= 11 is 0. The molecule has 0 amide bonds. The Balaban J connectivity index is 2.93. The summed E-state index contributed by atoms with van der Waals surface area (Å²) in [5, 5.41) is 0. The second-order valence-corrected chi connectivity index (χ2v) is 6.42. The molecule has 124 valence electrons. The first kappa shape index (κ1) is 20.7. The van der Waals surface area contributed by atoms with Crippen molar-refractivity contribution in [1.29, 1.82) is 0 Å². The van der Waals surface area contributed by atoms with Crippen LogP contribution in [-0.2, 0) is 0 Å². The van der Waals surface area contributed by atoms with E-state index >= 15 is 0 Å². The van der Waals surface area contributed by atoms with Crippen molar-refractivity contribution in [2.75, 3.05) is 0 Å². The Bertz CT molecular complexity index is 192. The van der Waals surface area contributed by atoms with E-state index in [9.17, 15) is 0 Å². The molecule has 0 unspecified atom stereocenters. The molecule has 0 spiro atoms. The van der Waals surface area contributed by atoms with Crippen molar-refractivity contribution >= 4 is 0 Å². The lowest BCUT2D eigenvalue weighted by molar-refractivity contribution is 0.531. The maximum Gasteiger partial charge on any atom is -0.0316 e. The highest BCUT2D eigenvalue weighted by molar-refractivity contribution is 4.83. The van der Waals surface area contributed by atoms with E-state index in [1.165, 1.54) is 103 Å². The van der Waals surface area contributed by atoms with Crippen LogP contribution in [0.1, 0.15) is 109 Å². The Morgan fingerprint density at radius 1 is 0.476 bits per heavy atom. The van der Waals surface area contributed by atoms with Gasteiger partial charge in [0.2, 0.25) is 0 Å². The maximum atomic E-state index is 3.89. The molecule has 0 saturated heterocycles. The van der Waals surface area contributed by atoms with Gasteiger partial charge in [-0.25, -0.2) is 0 Å². The van der Waals surface area contributed by atoms with Crippen LogP contribution in [-0.4, -0.2) is 0 Å². The van der Waals surface area contributed by atoms with Crippen LogP contribution in [0.4, 0.5) is 0 Å². The van der Waals surface area contributed by atoms with Crippen LogP contribution in [0.5, 0.6) is 0 Å². The second kappa shape index (κ2) is 19.7. The Labute approximate surface area is 135 Å². The third-order valence-electron chi connectivity index (χ3n) is 4.29. The van der Waals surface area contributed by atoms with Gasteiger partial charge in [0.05, 0.1) is 0 Å². The molecule has 2 radical (unpaired) electrons. The Morgan fingerprint density at radius 2 is 0.810 bits per heavy atom. The van der Waals surface area contributed by atoms with Crippen LogP contribution in [0.15, 0.2) is 12.2 Å². The fourth-order valence-corrected chi connectivity index (χ4v) is 2.85. The van der Waals surface area contributed by atoms with Crippen LogP contribution in [0.2, 0.25) is 0 Å². The van der Waals surface area contributed by atoms with E-state index in [2.05, 4.69) is 19.9 Å². The van der Waals surface area contributed by atoms with Gasteiger partial charge in [-0.15, -0.1) is 0 Å². The lowest BCUT2D eigenvalue weighted by Crippen LogP contribution is -1.83. The monoisotopic (exact) mass is 292 g/mol. The normalized spacial score (nSPS) is 11.5. The molecule has 0 atom stereocenters. The van der Waals surface area contributed by atoms with E-state index < -0.39 is 0 Å². The van der Waals surface area contributed by atoms with Crippen molar-refractivity contribution in [3.63, 3.8) is 0 Å². The SMILES string of the molecule is [CH2]/C=C/CCCCCCCCCCCCCCCCC[CH2]. The fraction of sp³-hybridized carbons (Fsp3) is 0.810. The number of unbranched alkanes of at least 4 members (excludes halogenated alkanes) is 16. The summed E-state index contributed by atoms with van der Waals surface area (Å²) in [7, 11) is 0. The van der Waals surface area contributed by atoms with Gasteiger partial charge in [0.15, 0.2) is 0 Å². The van der Waals surface area contributed by atoms with Gasteiger partial charge in [-0.05, 0) is 19.8 Å². The molecule has 0 aliphatic rings. The number of hydrogen-bond acceptors (Lipinski definition) is 0. The summed E-state index contributed by atoms with van der Waals surface area (Å²) < 4.78 is 0. The summed E-state index contributed by atoms with van der Waals surface area (Å²) in [4.78, 5) is 0. The van der Waals surface area contributed by atoms with Crippen molar-refractivity contribution in [2.45, 2.75) is 109 Å². The maximum absolute atomic E-state index is 3.89. The summed E-state index contributed by atoms with van der Waals surface area (Å²) in [5.41, 5.74) is 0. The smallest absolute Gasteiger partial charge is 0.0316 e. The molecule has 21 heavy (non-hydrogen) atoms. The van der Waals surface area contributed by atoms with Crippen molar-refractivity contribution in [1.82, 2.24) is 0 Å². The molecular formula is C21H40. The highest BCUT2D eigenvalue weighted by Crippen LogP contribution is 2.13. The third-order valence-corrected chi connectivity index (χ3v) is 4.29. The summed E-state index contributed by atoms with van der Waals surface area (Å²) in [6.45, 7) is 7.61. The molecule has 0 aromatic rings. The molecule has 0 heterocycles. The van der Waals surface area contributed by atoms with E-state index in [0.29, 0.717) is 0 Å². The Kier molecular flexibility index (Phi) is 19.5. The highest BCUT2D eigenvalue weighted by Gasteiger charge is 1.94. The second-order valence-electron chi connectivity index (χ2n) is 6.42. The van der Waals surface area contributed by atoms with Crippen molar-refractivity contribution in [3.8, 4) is 0 Å². The quantitative estimate of drug-likeness (QED) is 0.239. The first-order valence-electron chi connectivity index (χ1n) is 9.65. The molecule has 0 fully saturated rings. The molecule has 0 aliphatic heterocycles. The molecule has 0 heteroatoms. The standard InChI is InChI=1S/C21H40/c1-3-5-7-9-11-13-15-17-19-21-20-18-16-14-12-10-8-6-4-2/h3,5H,1-2,4,6-21H2/b5-3+. The number of rotatable bonds is 17. The summed E-state index contributed by atoms with van der Waals surface area (Å²) in [6, 6.07) is 0. The van der Waals surface area contributed by atoms with Crippen molar-refractivity contribution in [2.24, 2.45) is 0 Å². The third kappa shape index (κ3) is 19.7. The summed E-state index contributed by atoms with van der Waals surface area (Å²) in [5.74, 6) is 0. The molecular weight excluding hydrogens is 252 g/mol. The predicted octanol–water partition coefficient (Wildman–Crippen LogP) is 7.84. The lowest BCUT2D eigenvalue weighted by Gasteiger charge is -2.03. The van der Waals surface area contributed by atoms with Crippen molar-refractivity contribution in [3.05, 3.63) is 26.0 Å². The van der Waals surface area contributed by atoms with Gasteiger partial charge in [0.25, 0.3) is 0 Å². The van der Waals surface area contributed by atoms with Gasteiger partial charge >= 0.3 is 0 Å². The van der Waals surface area contributed by atoms with Gasteiger partial charge in [-0.1, -0.05) is 115 Å². The minimum Gasteiger partial charge on any atom is -0.0885 e. The average Bonchev–Trinajstić information content (AvgIpc) is 2.50. The van der Waals surface area contributed by atoms with Crippen molar-refractivity contribution < 1.29 is 0 Å². The molecule has 0 N–H and O–H groups in total. The van der Waals surface area contributed by atoms with Gasteiger partial charge in [0, 0.05) is 0 Å². The van der Waals surface area contributed by atoms with Crippen LogP contribution < -0.4 is 0 Å². The molecule has 0 aromatic heterocycles. The van der Waals surface area contributed by atoms with Gasteiger partial charge in [-0.2, -0.15) is 0 Å². The largest absolute Gasteiger partial charge is 0.0885 e. The van der Waals surface area contributed by atoms with Gasteiger partial charge < -0.3 is 0 Å². The van der Waals surface area contributed by atoms with Crippen LogP contribution in [0.25, 0.3) is 0 Å². The Morgan fingerprint density at radius 3 is 1.14 bits per heavy atom. The van der Waals surface area contributed by atoms with E-state index in [1.54, 1.807) is 0 Å². The number of hydrogen-bond donors (Lipinski definition) is 0. The molecule has 0 saturated carbocycles. The zero-order chi connectivity index (χ0) is 15.4.